The van der Waals surface area contributed by atoms with Crippen LogP contribution >= 0.6 is 35.0 Å². The Hall–Kier alpha value is -3.79. The quantitative estimate of drug-likeness (QED) is 0.0990. The van der Waals surface area contributed by atoms with E-state index in [0.717, 1.165) is 32.8 Å². The van der Waals surface area contributed by atoms with Crippen molar-refractivity contribution in [1.29, 1.82) is 0 Å². The zero-order chi connectivity index (χ0) is 35.2. The number of aliphatic imine (C=N–C) groups is 1. The molecule has 0 spiro atoms. The second-order valence-electron chi connectivity index (χ2n) is 12.1. The van der Waals surface area contributed by atoms with Crippen LogP contribution in [0.2, 0.25) is 10.0 Å². The first-order valence-electron chi connectivity index (χ1n) is 15.4. The molecule has 6 nitrogen and oxygen atoms in total. The van der Waals surface area contributed by atoms with Gasteiger partial charge in [0.25, 0.3) is 5.91 Å². The highest BCUT2D eigenvalue weighted by atomic mass is 35.5. The Morgan fingerprint density at radius 3 is 2.42 bits per heavy atom. The molecule has 0 fully saturated rings. The van der Waals surface area contributed by atoms with Crippen molar-refractivity contribution in [2.45, 2.75) is 45.3 Å². The maximum Gasteiger partial charge on any atom is 0.251 e. The molecule has 48 heavy (non-hydrogen) atoms. The molecule has 0 aliphatic heterocycles. The van der Waals surface area contributed by atoms with E-state index in [4.69, 9.17) is 39.4 Å². The van der Waals surface area contributed by atoms with Gasteiger partial charge in [-0.15, -0.1) is 11.8 Å². The molecule has 1 aliphatic rings. The lowest BCUT2D eigenvalue weighted by molar-refractivity contribution is 0.0953. The maximum absolute atomic E-state index is 15.5. The smallest absolute Gasteiger partial charge is 0.251 e. The SMILES string of the molecule is COc1cc(C(C)(C)C2=CC(C)C(C)=C(SCc3c(F)cc(C(=O)NCCCN=C(N)N)cc3Cl)C=C2c2ccc(F)cc2)ccc1Cl. The number of carbonyl (C=O) groups excluding carboxylic acids is 1. The van der Waals surface area contributed by atoms with Gasteiger partial charge in [0.05, 0.1) is 12.1 Å². The van der Waals surface area contributed by atoms with Gasteiger partial charge in [0.2, 0.25) is 0 Å². The minimum Gasteiger partial charge on any atom is -0.495 e. The Balaban J connectivity index is 1.65. The van der Waals surface area contributed by atoms with Gasteiger partial charge in [0.1, 0.15) is 17.4 Å². The van der Waals surface area contributed by atoms with E-state index >= 15 is 4.39 Å². The molecular weight excluding hydrogens is 673 g/mol. The monoisotopic (exact) mass is 712 g/mol. The number of ether oxygens (including phenoxy) is 1. The van der Waals surface area contributed by atoms with Gasteiger partial charge in [0.15, 0.2) is 5.96 Å². The Labute approximate surface area is 295 Å². The lowest BCUT2D eigenvalue weighted by Gasteiger charge is -2.32. The number of nitrogens with two attached hydrogens (primary N) is 2. The molecule has 3 aromatic carbocycles. The molecule has 0 bridgehead atoms. The topological polar surface area (TPSA) is 103 Å². The minimum atomic E-state index is -0.569. The van der Waals surface area contributed by atoms with Gasteiger partial charge in [-0.2, -0.15) is 0 Å². The van der Waals surface area contributed by atoms with E-state index in [2.05, 4.69) is 50.2 Å². The molecule has 0 aromatic heterocycles. The second-order valence-corrected chi connectivity index (χ2v) is 13.9. The number of allylic oxidation sites excluding steroid dienone is 5. The molecule has 0 heterocycles. The largest absolute Gasteiger partial charge is 0.495 e. The summed E-state index contributed by atoms with van der Waals surface area (Å²) in [6.07, 6.45) is 4.85. The fourth-order valence-corrected chi connectivity index (χ4v) is 7.15. The lowest BCUT2D eigenvalue weighted by atomic mass is 9.72. The van der Waals surface area contributed by atoms with Crippen LogP contribution in [0.3, 0.4) is 0 Å². The van der Waals surface area contributed by atoms with Gasteiger partial charge in [-0.3, -0.25) is 9.79 Å². The average Bonchev–Trinajstić information content (AvgIpc) is 3.16. The molecule has 1 aliphatic carbocycles. The fraction of sp³-hybridized carbons (Fsp3) is 0.297. The van der Waals surface area contributed by atoms with Crippen LogP contribution in [-0.4, -0.2) is 32.1 Å². The third kappa shape index (κ3) is 8.81. The van der Waals surface area contributed by atoms with Gasteiger partial charge in [-0.05, 0) is 84.0 Å². The predicted octanol–water partition coefficient (Wildman–Crippen LogP) is 8.82. The van der Waals surface area contributed by atoms with E-state index < -0.39 is 17.1 Å². The Bertz CT molecular complexity index is 1780. The van der Waals surface area contributed by atoms with Crippen molar-refractivity contribution in [1.82, 2.24) is 5.32 Å². The van der Waals surface area contributed by atoms with Crippen molar-refractivity contribution >= 4 is 52.4 Å². The highest BCUT2D eigenvalue weighted by Crippen LogP contribution is 2.47. The number of methoxy groups -OCH3 is 1. The first-order chi connectivity index (χ1) is 22.7. The van der Waals surface area contributed by atoms with Gasteiger partial charge >= 0.3 is 0 Å². The Kier molecular flexibility index (Phi) is 12.4. The molecule has 3 aromatic rings. The van der Waals surface area contributed by atoms with Crippen LogP contribution in [0.4, 0.5) is 8.78 Å². The van der Waals surface area contributed by atoms with Crippen LogP contribution in [0.15, 0.2) is 87.8 Å². The molecule has 1 unspecified atom stereocenters. The van der Waals surface area contributed by atoms with Gasteiger partial charge in [0, 0.05) is 45.3 Å². The Morgan fingerprint density at radius 1 is 1.06 bits per heavy atom. The molecule has 5 N–H and O–H groups in total. The zero-order valence-electron chi connectivity index (χ0n) is 27.6. The summed E-state index contributed by atoms with van der Waals surface area (Å²) in [5, 5.41) is 3.41. The van der Waals surface area contributed by atoms with Crippen LogP contribution < -0.4 is 21.5 Å². The standard InChI is InChI=1S/C37H40Cl2F2N4O2S/c1-21-15-29(37(3,4)25-9-12-30(38)33(18-25)47-5)27(23-7-10-26(40)11-8-23)19-34(22(21)2)48-20-28-31(39)16-24(17-32(28)41)35(46)44-13-6-14-45-36(42)43/h7-12,15-19,21H,6,13-14,20H2,1-5H3,(H,44,46)(H4,42,43,45). The maximum atomic E-state index is 15.5. The van der Waals surface area contributed by atoms with Crippen LogP contribution in [0, 0.1) is 17.6 Å². The third-order valence-corrected chi connectivity index (χ3v) is 10.3. The number of hydrogen-bond donors (Lipinski definition) is 3. The number of guanidine groups is 1. The highest BCUT2D eigenvalue weighted by Gasteiger charge is 2.32. The summed E-state index contributed by atoms with van der Waals surface area (Å²) in [5.41, 5.74) is 15.4. The zero-order valence-corrected chi connectivity index (χ0v) is 29.9. The number of nitrogens with one attached hydrogen (secondary N) is 1. The number of carbonyl (C=O) groups is 1. The third-order valence-electron chi connectivity index (χ3n) is 8.45. The molecule has 254 valence electrons. The molecule has 0 radical (unpaired) electrons. The molecule has 0 saturated carbocycles. The van der Waals surface area contributed by atoms with Crippen LogP contribution in [0.5, 0.6) is 5.75 Å². The fourth-order valence-electron chi connectivity index (χ4n) is 5.40. The summed E-state index contributed by atoms with van der Waals surface area (Å²) in [6.45, 7) is 9.13. The van der Waals surface area contributed by atoms with E-state index in [1.54, 1.807) is 19.2 Å². The molecule has 4 rings (SSSR count). The van der Waals surface area contributed by atoms with Crippen molar-refractivity contribution in [3.05, 3.63) is 127 Å². The lowest BCUT2D eigenvalue weighted by Crippen LogP contribution is -2.26. The first kappa shape index (κ1) is 37.0. The summed E-state index contributed by atoms with van der Waals surface area (Å²) >= 11 is 14.4. The van der Waals surface area contributed by atoms with E-state index in [9.17, 15) is 9.18 Å². The number of hydrogen-bond acceptors (Lipinski definition) is 4. The summed E-state index contributed by atoms with van der Waals surface area (Å²) in [5.74, 6) is -0.541. The summed E-state index contributed by atoms with van der Waals surface area (Å²) < 4.78 is 35.1. The first-order valence-corrected chi connectivity index (χ1v) is 17.2. The number of thioether (sulfide) groups is 1. The van der Waals surface area contributed by atoms with Gasteiger partial charge in [-0.1, -0.05) is 73.8 Å². The Morgan fingerprint density at radius 2 is 1.77 bits per heavy atom. The van der Waals surface area contributed by atoms with Crippen LogP contribution in [0.25, 0.3) is 5.57 Å². The summed E-state index contributed by atoms with van der Waals surface area (Å²) in [6, 6.07) is 14.9. The molecule has 1 atom stereocenters. The molecule has 1 amide bonds. The molecule has 11 heteroatoms. The van der Waals surface area contributed by atoms with E-state index in [1.807, 2.05) is 18.2 Å². The average molecular weight is 714 g/mol. The van der Waals surface area contributed by atoms with Gasteiger partial charge in [-0.25, -0.2) is 8.78 Å². The van der Waals surface area contributed by atoms with Crippen molar-refractivity contribution in [2.24, 2.45) is 22.4 Å². The number of halogens is 4. The van der Waals surface area contributed by atoms with Crippen molar-refractivity contribution < 1.29 is 18.3 Å². The number of amides is 1. The van der Waals surface area contributed by atoms with Crippen molar-refractivity contribution in [3.8, 4) is 5.75 Å². The van der Waals surface area contributed by atoms with Crippen LogP contribution in [0.1, 0.15) is 61.2 Å². The summed E-state index contributed by atoms with van der Waals surface area (Å²) in [7, 11) is 1.59. The summed E-state index contributed by atoms with van der Waals surface area (Å²) in [4.78, 5) is 17.5. The van der Waals surface area contributed by atoms with E-state index in [-0.39, 0.29) is 34.0 Å². The van der Waals surface area contributed by atoms with E-state index in [0.29, 0.717) is 35.8 Å². The van der Waals surface area contributed by atoms with E-state index in [1.165, 1.54) is 36.0 Å². The van der Waals surface area contributed by atoms with Crippen molar-refractivity contribution in [2.75, 3.05) is 20.2 Å². The predicted molar refractivity (Wildman–Crippen MR) is 196 cm³/mol. The number of benzene rings is 3. The van der Waals surface area contributed by atoms with Crippen molar-refractivity contribution in [3.63, 3.8) is 0 Å². The van der Waals surface area contributed by atoms with Gasteiger partial charge < -0.3 is 21.5 Å². The normalized spacial score (nSPS) is 15.0. The number of rotatable bonds is 12. The second kappa shape index (κ2) is 16.1. The van der Waals surface area contributed by atoms with Crippen LogP contribution in [-0.2, 0) is 11.2 Å². The number of nitrogens with zero attached hydrogens (tertiary/aromatic N) is 1. The highest BCUT2D eigenvalue weighted by molar-refractivity contribution is 8.02. The minimum absolute atomic E-state index is 0.0172. The molecular formula is C37H40Cl2F2N4O2S. The molecule has 0 saturated heterocycles.